The minimum Gasteiger partial charge on any atom is -0.479 e. The van der Waals surface area contributed by atoms with E-state index < -0.39 is 36.4 Å². The molecule has 6 nitrogen and oxygen atoms in total. The summed E-state index contributed by atoms with van der Waals surface area (Å²) < 4.78 is 23.0. The summed E-state index contributed by atoms with van der Waals surface area (Å²) >= 11 is 0. The van der Waals surface area contributed by atoms with Crippen LogP contribution >= 0.6 is 0 Å². The summed E-state index contributed by atoms with van der Waals surface area (Å²) in [7, 11) is 0. The van der Waals surface area contributed by atoms with Gasteiger partial charge in [0.25, 0.3) is 5.91 Å². The van der Waals surface area contributed by atoms with Gasteiger partial charge in [0, 0.05) is 0 Å². The molecule has 1 saturated carbocycles. The average Bonchev–Trinajstić information content (AvgIpc) is 3.37. The number of nitrogens with one attached hydrogen (secondary N) is 1. The van der Waals surface area contributed by atoms with E-state index in [4.69, 9.17) is 14.7 Å². The van der Waals surface area contributed by atoms with Crippen LogP contribution in [0.25, 0.3) is 0 Å². The molecule has 1 aliphatic carbocycles. The van der Waals surface area contributed by atoms with Gasteiger partial charge in [-0.1, -0.05) is 12.1 Å². The fraction of sp³-hybridized carbons (Fsp3) is 0.438. The molecule has 0 saturated heterocycles. The van der Waals surface area contributed by atoms with Crippen molar-refractivity contribution in [3.05, 3.63) is 30.1 Å². The van der Waals surface area contributed by atoms with Gasteiger partial charge in [0.15, 0.2) is 24.8 Å². The molecule has 0 aliphatic heterocycles. The van der Waals surface area contributed by atoms with E-state index in [0.717, 1.165) is 12.8 Å². The van der Waals surface area contributed by atoms with Crippen molar-refractivity contribution >= 4 is 11.9 Å². The molecule has 2 rings (SSSR count). The fourth-order valence-corrected chi connectivity index (χ4v) is 2.09. The van der Waals surface area contributed by atoms with Crippen LogP contribution in [0, 0.1) is 23.1 Å². The largest absolute Gasteiger partial charge is 0.479 e. The van der Waals surface area contributed by atoms with E-state index in [9.17, 15) is 14.0 Å². The highest BCUT2D eigenvalue weighted by atomic mass is 19.1. The number of rotatable bonds is 7. The minimum atomic E-state index is -0.937. The second-order valence-corrected chi connectivity index (χ2v) is 5.52. The highest BCUT2D eigenvalue weighted by Crippen LogP contribution is 2.39. The predicted octanol–water partition coefficient (Wildman–Crippen LogP) is 1.56. The van der Waals surface area contributed by atoms with Gasteiger partial charge in [-0.2, -0.15) is 5.26 Å². The van der Waals surface area contributed by atoms with E-state index in [2.05, 4.69) is 11.4 Å². The number of benzene rings is 1. The number of amides is 1. The monoisotopic (exact) mass is 320 g/mol. The maximum Gasteiger partial charge on any atom is 0.344 e. The van der Waals surface area contributed by atoms with Crippen molar-refractivity contribution in [2.45, 2.75) is 25.3 Å². The Labute approximate surface area is 133 Å². The fourth-order valence-electron chi connectivity index (χ4n) is 2.09. The number of nitrogens with zero attached hydrogens (tertiary/aromatic N) is 1. The van der Waals surface area contributed by atoms with Gasteiger partial charge in [-0.25, -0.2) is 9.18 Å². The molecule has 0 heterocycles. The topological polar surface area (TPSA) is 88.4 Å². The molecule has 122 valence electrons. The summed E-state index contributed by atoms with van der Waals surface area (Å²) in [6.45, 7) is 0.626. The van der Waals surface area contributed by atoms with E-state index in [1.165, 1.54) is 18.2 Å². The van der Waals surface area contributed by atoms with E-state index >= 15 is 0 Å². The maximum absolute atomic E-state index is 13.3. The third-order valence-electron chi connectivity index (χ3n) is 3.57. The number of hydrogen-bond donors (Lipinski definition) is 1. The number of carbonyl (C=O) groups excluding carboxylic acids is 2. The maximum atomic E-state index is 13.3. The van der Waals surface area contributed by atoms with Crippen LogP contribution < -0.4 is 10.1 Å². The Bertz CT molecular complexity index is 639. The normalized spacial score (nSPS) is 15.9. The first-order valence-electron chi connectivity index (χ1n) is 7.20. The summed E-state index contributed by atoms with van der Waals surface area (Å²) in [6.07, 6.45) is 1.78. The van der Waals surface area contributed by atoms with Crippen molar-refractivity contribution < 1.29 is 23.5 Å². The molecule has 1 aromatic carbocycles. The van der Waals surface area contributed by atoms with Crippen LogP contribution in [0.3, 0.4) is 0 Å². The Morgan fingerprint density at radius 2 is 2.09 bits per heavy atom. The summed E-state index contributed by atoms with van der Waals surface area (Å²) in [4.78, 5) is 23.2. The van der Waals surface area contributed by atoms with Crippen LogP contribution in [0.4, 0.5) is 4.39 Å². The van der Waals surface area contributed by atoms with E-state index in [1.807, 2.05) is 0 Å². The molecule has 1 atom stereocenters. The number of esters is 1. The van der Waals surface area contributed by atoms with Crippen LogP contribution in [0.1, 0.15) is 19.8 Å². The standard InChI is InChI=1S/C16H17FN2O4/c1-16(10-18,11-6-7-11)19-14(20)8-23-15(21)9-22-13-5-3-2-4-12(13)17/h2-5,11H,6-9H2,1H3,(H,19,20)/t16-/m1/s1. The van der Waals surface area contributed by atoms with Gasteiger partial charge >= 0.3 is 5.97 Å². The zero-order valence-electron chi connectivity index (χ0n) is 12.7. The molecule has 1 amide bonds. The molecule has 1 aliphatic rings. The molecule has 0 bridgehead atoms. The number of carbonyl (C=O) groups is 2. The Balaban J connectivity index is 1.73. The van der Waals surface area contributed by atoms with Crippen molar-refractivity contribution in [1.82, 2.24) is 5.32 Å². The van der Waals surface area contributed by atoms with Crippen molar-refractivity contribution in [2.24, 2.45) is 5.92 Å². The van der Waals surface area contributed by atoms with E-state index in [0.29, 0.717) is 0 Å². The molecule has 0 radical (unpaired) electrons. The SMILES string of the molecule is C[C@](C#N)(NC(=O)COC(=O)COc1ccccc1F)C1CC1. The first-order valence-corrected chi connectivity index (χ1v) is 7.20. The molecule has 7 heteroatoms. The second kappa shape index (κ2) is 7.09. The molecule has 23 heavy (non-hydrogen) atoms. The van der Waals surface area contributed by atoms with Crippen LogP contribution in [0.5, 0.6) is 5.75 Å². The van der Waals surface area contributed by atoms with Crippen molar-refractivity contribution in [2.75, 3.05) is 13.2 Å². The lowest BCUT2D eigenvalue weighted by molar-refractivity contribution is -0.150. The quantitative estimate of drug-likeness (QED) is 0.770. The number of para-hydroxylation sites is 1. The molecule has 0 spiro atoms. The average molecular weight is 320 g/mol. The van der Waals surface area contributed by atoms with E-state index in [-0.39, 0.29) is 11.7 Å². The minimum absolute atomic E-state index is 0.0697. The van der Waals surface area contributed by atoms with Crippen LogP contribution in [0.2, 0.25) is 0 Å². The van der Waals surface area contributed by atoms with Gasteiger partial charge < -0.3 is 14.8 Å². The highest BCUT2D eigenvalue weighted by Gasteiger charge is 2.43. The van der Waals surface area contributed by atoms with Crippen LogP contribution in [-0.2, 0) is 14.3 Å². The Hall–Kier alpha value is -2.62. The highest BCUT2D eigenvalue weighted by molar-refractivity contribution is 5.81. The summed E-state index contributed by atoms with van der Waals surface area (Å²) in [5, 5.41) is 11.7. The molecule has 0 unspecified atom stereocenters. The lowest BCUT2D eigenvalue weighted by Gasteiger charge is -2.22. The predicted molar refractivity (Wildman–Crippen MR) is 77.7 cm³/mol. The first kappa shape index (κ1) is 16.7. The van der Waals surface area contributed by atoms with Gasteiger partial charge in [-0.15, -0.1) is 0 Å². The summed E-state index contributed by atoms with van der Waals surface area (Å²) in [5.41, 5.74) is -0.937. The Morgan fingerprint density at radius 1 is 1.39 bits per heavy atom. The van der Waals surface area contributed by atoms with Gasteiger partial charge in [0.05, 0.1) is 6.07 Å². The molecule has 1 N–H and O–H groups in total. The van der Waals surface area contributed by atoms with Crippen molar-refractivity contribution in [3.63, 3.8) is 0 Å². The second-order valence-electron chi connectivity index (χ2n) is 5.52. The Kier molecular flexibility index (Phi) is 5.16. The third-order valence-corrected chi connectivity index (χ3v) is 3.57. The smallest absolute Gasteiger partial charge is 0.344 e. The molecule has 1 fully saturated rings. The first-order chi connectivity index (χ1) is 10.9. The van der Waals surface area contributed by atoms with Crippen molar-refractivity contribution in [1.29, 1.82) is 5.26 Å². The summed E-state index contributed by atoms with van der Waals surface area (Å²) in [6, 6.07) is 7.72. The number of halogens is 1. The Morgan fingerprint density at radius 3 is 2.70 bits per heavy atom. The van der Waals surface area contributed by atoms with Gasteiger partial charge in [0.2, 0.25) is 0 Å². The zero-order chi connectivity index (χ0) is 16.9. The lowest BCUT2D eigenvalue weighted by atomic mass is 9.98. The third kappa shape index (κ3) is 4.68. The summed E-state index contributed by atoms with van der Waals surface area (Å²) in [5.74, 6) is -1.88. The molecular formula is C16H17FN2O4. The zero-order valence-corrected chi connectivity index (χ0v) is 12.7. The number of hydrogen-bond acceptors (Lipinski definition) is 5. The van der Waals surface area contributed by atoms with Crippen molar-refractivity contribution in [3.8, 4) is 11.8 Å². The van der Waals surface area contributed by atoms with Crippen LogP contribution in [0.15, 0.2) is 24.3 Å². The van der Waals surface area contributed by atoms with Gasteiger partial charge in [0.1, 0.15) is 5.54 Å². The van der Waals surface area contributed by atoms with E-state index in [1.54, 1.807) is 13.0 Å². The number of ether oxygens (including phenoxy) is 2. The van der Waals surface area contributed by atoms with Gasteiger partial charge in [-0.05, 0) is 37.8 Å². The molecule has 0 aromatic heterocycles. The molecule has 1 aromatic rings. The number of nitriles is 1. The lowest BCUT2D eigenvalue weighted by Crippen LogP contribution is -2.48. The van der Waals surface area contributed by atoms with Crippen LogP contribution in [-0.4, -0.2) is 30.6 Å². The molecular weight excluding hydrogens is 303 g/mol. The van der Waals surface area contributed by atoms with Gasteiger partial charge in [-0.3, -0.25) is 4.79 Å².